The Morgan fingerprint density at radius 3 is 2.59 bits per heavy atom. The van der Waals surface area contributed by atoms with E-state index in [2.05, 4.69) is 10.3 Å². The number of thiazole rings is 1. The number of amides is 1. The molecule has 0 unspecified atom stereocenters. The van der Waals surface area contributed by atoms with Gasteiger partial charge in [0.1, 0.15) is 11.6 Å². The highest BCUT2D eigenvalue weighted by molar-refractivity contribution is 7.14. The minimum atomic E-state index is -0.740. The molecule has 0 spiro atoms. The van der Waals surface area contributed by atoms with E-state index in [0.29, 0.717) is 5.56 Å². The highest BCUT2D eigenvalue weighted by atomic mass is 32.1. The smallest absolute Gasteiger partial charge is 0.269 e. The molecular weight excluding hydrogens is 376 g/mol. The molecule has 0 saturated heterocycles. The number of hydrogen-bond donors (Lipinski definition) is 1. The van der Waals surface area contributed by atoms with Crippen LogP contribution in [0, 0.1) is 21.7 Å². The number of hydrogen-bond acceptors (Lipinski definition) is 5. The Balaban J connectivity index is 1.66. The summed E-state index contributed by atoms with van der Waals surface area (Å²) in [5.74, 6) is -1.89. The minimum Gasteiger partial charge on any atom is -0.298 e. The largest absolute Gasteiger partial charge is 0.298 e. The van der Waals surface area contributed by atoms with E-state index < -0.39 is 22.5 Å². The van der Waals surface area contributed by atoms with Crippen LogP contribution in [0.3, 0.4) is 0 Å². The van der Waals surface area contributed by atoms with Gasteiger partial charge in [-0.3, -0.25) is 20.2 Å². The van der Waals surface area contributed by atoms with Gasteiger partial charge in [-0.2, -0.15) is 0 Å². The molecule has 0 aliphatic rings. The molecule has 0 atom stereocenters. The van der Waals surface area contributed by atoms with Crippen LogP contribution in [-0.4, -0.2) is 15.8 Å². The van der Waals surface area contributed by atoms with Crippen LogP contribution in [0.4, 0.5) is 19.6 Å². The summed E-state index contributed by atoms with van der Waals surface area (Å²) < 4.78 is 26.7. The molecule has 0 fully saturated rings. The fraction of sp³-hybridized carbons (Fsp3) is 0. The third-order valence-electron chi connectivity index (χ3n) is 3.47. The molecule has 2 aromatic carbocycles. The summed E-state index contributed by atoms with van der Waals surface area (Å²) in [4.78, 5) is 26.2. The van der Waals surface area contributed by atoms with Crippen molar-refractivity contribution in [2.45, 2.75) is 0 Å². The maximum atomic E-state index is 13.8. The van der Waals surface area contributed by atoms with Crippen molar-refractivity contribution in [3.8, 4) is 11.3 Å². The summed E-state index contributed by atoms with van der Waals surface area (Å²) in [6.45, 7) is 0. The molecule has 1 heterocycles. The van der Waals surface area contributed by atoms with E-state index in [-0.39, 0.29) is 22.1 Å². The van der Waals surface area contributed by atoms with Crippen LogP contribution in [0.1, 0.15) is 5.56 Å². The summed E-state index contributed by atoms with van der Waals surface area (Å²) in [6.07, 6.45) is 2.74. The van der Waals surface area contributed by atoms with Gasteiger partial charge in [-0.1, -0.05) is 0 Å². The van der Waals surface area contributed by atoms with E-state index in [9.17, 15) is 23.7 Å². The van der Waals surface area contributed by atoms with Crippen molar-refractivity contribution in [2.75, 3.05) is 5.32 Å². The van der Waals surface area contributed by atoms with Gasteiger partial charge < -0.3 is 0 Å². The number of benzene rings is 2. The molecule has 1 aromatic heterocycles. The zero-order valence-corrected chi connectivity index (χ0v) is 14.4. The second-order valence-electron chi connectivity index (χ2n) is 5.33. The van der Waals surface area contributed by atoms with Gasteiger partial charge in [-0.25, -0.2) is 13.8 Å². The van der Waals surface area contributed by atoms with Crippen LogP contribution in [0.2, 0.25) is 0 Å². The second kappa shape index (κ2) is 7.83. The number of halogens is 2. The summed E-state index contributed by atoms with van der Waals surface area (Å²) in [5.41, 5.74) is 0.991. The second-order valence-corrected chi connectivity index (χ2v) is 6.19. The fourth-order valence-electron chi connectivity index (χ4n) is 2.18. The lowest BCUT2D eigenvalue weighted by molar-refractivity contribution is -0.384. The molecule has 1 N–H and O–H groups in total. The van der Waals surface area contributed by atoms with Crippen LogP contribution < -0.4 is 5.32 Å². The van der Waals surface area contributed by atoms with Gasteiger partial charge in [0.2, 0.25) is 5.91 Å². The van der Waals surface area contributed by atoms with E-state index in [4.69, 9.17) is 0 Å². The lowest BCUT2D eigenvalue weighted by Crippen LogP contribution is -2.07. The highest BCUT2D eigenvalue weighted by Crippen LogP contribution is 2.27. The number of aromatic nitrogens is 1. The van der Waals surface area contributed by atoms with Crippen molar-refractivity contribution >= 4 is 34.1 Å². The van der Waals surface area contributed by atoms with Gasteiger partial charge in [-0.15, -0.1) is 11.3 Å². The SMILES string of the molecule is O=C(C=Cc1ccc([N+](=O)[O-])cc1)Nc1nc(-c2ccc(F)cc2F)cs1. The monoisotopic (exact) mass is 387 g/mol. The molecule has 0 bridgehead atoms. The Bertz CT molecular complexity index is 1030. The average molecular weight is 387 g/mol. The molecule has 0 aliphatic heterocycles. The summed E-state index contributed by atoms with van der Waals surface area (Å²) in [5, 5.41) is 14.9. The Hall–Kier alpha value is -3.46. The maximum Gasteiger partial charge on any atom is 0.269 e. The molecule has 1 amide bonds. The van der Waals surface area contributed by atoms with Crippen molar-refractivity contribution in [1.82, 2.24) is 4.98 Å². The number of nitro groups is 1. The third kappa shape index (κ3) is 4.59. The number of non-ortho nitro benzene ring substituents is 1. The zero-order valence-electron chi connectivity index (χ0n) is 13.6. The molecule has 6 nitrogen and oxygen atoms in total. The van der Waals surface area contributed by atoms with E-state index in [0.717, 1.165) is 23.5 Å². The normalized spacial score (nSPS) is 10.9. The fourth-order valence-corrected chi connectivity index (χ4v) is 2.89. The Morgan fingerprint density at radius 1 is 1.19 bits per heavy atom. The van der Waals surface area contributed by atoms with E-state index in [1.54, 1.807) is 5.38 Å². The van der Waals surface area contributed by atoms with Gasteiger partial charge in [-0.05, 0) is 35.9 Å². The van der Waals surface area contributed by atoms with E-state index in [1.807, 2.05) is 0 Å². The predicted molar refractivity (Wildman–Crippen MR) is 98.2 cm³/mol. The molecule has 0 saturated carbocycles. The Labute approximate surface area is 156 Å². The third-order valence-corrected chi connectivity index (χ3v) is 4.23. The lowest BCUT2D eigenvalue weighted by atomic mass is 10.1. The number of nitrogens with one attached hydrogen (secondary N) is 1. The Kier molecular flexibility index (Phi) is 5.32. The number of nitrogens with zero attached hydrogens (tertiary/aromatic N) is 2. The summed E-state index contributed by atoms with van der Waals surface area (Å²) in [6, 6.07) is 8.87. The molecule has 27 heavy (non-hydrogen) atoms. The van der Waals surface area contributed by atoms with Gasteiger partial charge in [0, 0.05) is 35.2 Å². The van der Waals surface area contributed by atoms with Crippen LogP contribution in [-0.2, 0) is 4.79 Å². The first-order valence-corrected chi connectivity index (χ1v) is 8.45. The molecule has 9 heteroatoms. The van der Waals surface area contributed by atoms with Gasteiger partial charge in [0.05, 0.1) is 10.6 Å². The molecule has 0 aliphatic carbocycles. The van der Waals surface area contributed by atoms with Gasteiger partial charge >= 0.3 is 0 Å². The van der Waals surface area contributed by atoms with Crippen molar-refractivity contribution in [3.63, 3.8) is 0 Å². The summed E-state index contributed by atoms with van der Waals surface area (Å²) >= 11 is 1.10. The average Bonchev–Trinajstić information content (AvgIpc) is 3.08. The predicted octanol–water partition coefficient (Wildman–Crippen LogP) is 4.65. The topological polar surface area (TPSA) is 85.1 Å². The minimum absolute atomic E-state index is 0.0417. The van der Waals surface area contributed by atoms with Crippen molar-refractivity contribution < 1.29 is 18.5 Å². The molecular formula is C18H11F2N3O3S. The van der Waals surface area contributed by atoms with Crippen LogP contribution in [0.5, 0.6) is 0 Å². The molecule has 3 aromatic rings. The first-order valence-electron chi connectivity index (χ1n) is 7.57. The molecule has 0 radical (unpaired) electrons. The lowest BCUT2D eigenvalue weighted by Gasteiger charge is -1.99. The number of rotatable bonds is 5. The van der Waals surface area contributed by atoms with E-state index in [1.165, 1.54) is 42.5 Å². The quantitative estimate of drug-likeness (QED) is 0.392. The highest BCUT2D eigenvalue weighted by Gasteiger charge is 2.11. The van der Waals surface area contributed by atoms with Crippen molar-refractivity contribution in [2.24, 2.45) is 0 Å². The number of anilines is 1. The van der Waals surface area contributed by atoms with Crippen LogP contribution in [0.15, 0.2) is 53.9 Å². The summed E-state index contributed by atoms with van der Waals surface area (Å²) in [7, 11) is 0. The standard InChI is InChI=1S/C18H11F2N3O3S/c19-12-4-7-14(15(20)9-12)16-10-27-18(21-16)22-17(24)8-3-11-1-5-13(6-2-11)23(25)26/h1-10H,(H,21,22,24). The van der Waals surface area contributed by atoms with Gasteiger partial charge in [0.25, 0.3) is 5.69 Å². The molecule has 136 valence electrons. The number of nitro benzene ring substituents is 1. The Morgan fingerprint density at radius 2 is 1.93 bits per heavy atom. The first-order chi connectivity index (χ1) is 12.9. The maximum absolute atomic E-state index is 13.8. The van der Waals surface area contributed by atoms with Crippen molar-refractivity contribution in [3.05, 3.63) is 81.2 Å². The number of carbonyl (C=O) groups excluding carboxylic acids is 1. The van der Waals surface area contributed by atoms with Crippen LogP contribution in [0.25, 0.3) is 17.3 Å². The van der Waals surface area contributed by atoms with E-state index >= 15 is 0 Å². The van der Waals surface area contributed by atoms with Gasteiger partial charge in [0.15, 0.2) is 5.13 Å². The first kappa shape index (κ1) is 18.3. The molecule has 3 rings (SSSR count). The van der Waals surface area contributed by atoms with Crippen molar-refractivity contribution in [1.29, 1.82) is 0 Å². The number of carbonyl (C=O) groups is 1. The van der Waals surface area contributed by atoms with Crippen LogP contribution >= 0.6 is 11.3 Å². The zero-order chi connectivity index (χ0) is 19.4.